The first-order valence-corrected chi connectivity index (χ1v) is 9.19. The van der Waals surface area contributed by atoms with Gasteiger partial charge in [-0.25, -0.2) is 13.1 Å². The molecule has 1 aliphatic carbocycles. The molecule has 102 valence electrons. The van der Waals surface area contributed by atoms with Gasteiger partial charge in [-0.05, 0) is 25.2 Å². The Bertz CT molecular complexity index is 310. The van der Waals surface area contributed by atoms with E-state index in [2.05, 4.69) is 34.5 Å². The van der Waals surface area contributed by atoms with Gasteiger partial charge >= 0.3 is 0 Å². The van der Waals surface area contributed by atoms with Crippen LogP contribution in [-0.4, -0.2) is 25.0 Å². The predicted molar refractivity (Wildman–Crippen MR) is 76.0 cm³/mol. The molecule has 0 aromatic carbocycles. The lowest BCUT2D eigenvalue weighted by Crippen LogP contribution is -2.43. The van der Waals surface area contributed by atoms with Crippen molar-refractivity contribution >= 4 is 26.0 Å². The number of rotatable bonds is 6. The maximum Gasteiger partial charge on any atom is 0.214 e. The Labute approximate surface area is 114 Å². The number of sulfonamides is 1. The fourth-order valence-electron chi connectivity index (χ4n) is 2.42. The number of alkyl halides is 1. The normalized spacial score (nSPS) is 20.7. The van der Waals surface area contributed by atoms with Gasteiger partial charge in [0.2, 0.25) is 10.0 Å². The summed E-state index contributed by atoms with van der Waals surface area (Å²) in [5.41, 5.74) is 0. The van der Waals surface area contributed by atoms with Crippen LogP contribution < -0.4 is 4.72 Å². The molecule has 1 N–H and O–H groups in total. The third-order valence-corrected chi connectivity index (χ3v) is 6.06. The van der Waals surface area contributed by atoms with Crippen molar-refractivity contribution in [3.05, 3.63) is 0 Å². The highest BCUT2D eigenvalue weighted by molar-refractivity contribution is 9.09. The summed E-state index contributed by atoms with van der Waals surface area (Å²) in [6.45, 7) is 4.23. The quantitative estimate of drug-likeness (QED) is 0.763. The molecule has 0 spiro atoms. The zero-order valence-corrected chi connectivity index (χ0v) is 13.2. The van der Waals surface area contributed by atoms with E-state index in [0.29, 0.717) is 11.2 Å². The summed E-state index contributed by atoms with van der Waals surface area (Å²) in [6.07, 6.45) is 5.82. The topological polar surface area (TPSA) is 46.2 Å². The molecule has 0 radical (unpaired) electrons. The summed E-state index contributed by atoms with van der Waals surface area (Å²) in [7, 11) is -3.12. The molecule has 1 unspecified atom stereocenters. The Morgan fingerprint density at radius 3 is 2.29 bits per heavy atom. The summed E-state index contributed by atoms with van der Waals surface area (Å²) in [6, 6.07) is 0.0296. The fraction of sp³-hybridized carbons (Fsp3) is 1.00. The van der Waals surface area contributed by atoms with E-state index in [1.165, 1.54) is 6.42 Å². The average molecular weight is 326 g/mol. The average Bonchev–Trinajstić information content (AvgIpc) is 2.28. The Balaban J connectivity index is 2.56. The van der Waals surface area contributed by atoms with Crippen LogP contribution in [0.25, 0.3) is 0 Å². The lowest BCUT2D eigenvalue weighted by molar-refractivity contribution is 0.456. The molecule has 1 fully saturated rings. The monoisotopic (exact) mass is 325 g/mol. The van der Waals surface area contributed by atoms with E-state index in [4.69, 9.17) is 0 Å². The van der Waals surface area contributed by atoms with Gasteiger partial charge in [-0.1, -0.05) is 49.0 Å². The first-order valence-electron chi connectivity index (χ1n) is 6.53. The van der Waals surface area contributed by atoms with Gasteiger partial charge in [0.15, 0.2) is 0 Å². The zero-order chi connectivity index (χ0) is 12.9. The van der Waals surface area contributed by atoms with Gasteiger partial charge in [-0.3, -0.25) is 0 Å². The molecular weight excluding hydrogens is 302 g/mol. The van der Waals surface area contributed by atoms with Crippen LogP contribution >= 0.6 is 15.9 Å². The molecule has 0 heterocycles. The van der Waals surface area contributed by atoms with Gasteiger partial charge < -0.3 is 0 Å². The molecule has 1 rings (SSSR count). The second-order valence-electron chi connectivity index (χ2n) is 5.40. The lowest BCUT2D eigenvalue weighted by atomic mass is 10.0. The molecule has 1 saturated carbocycles. The lowest BCUT2D eigenvalue weighted by Gasteiger charge is -2.25. The van der Waals surface area contributed by atoms with Crippen molar-refractivity contribution in [1.82, 2.24) is 4.72 Å². The predicted octanol–water partition coefficient (Wildman–Crippen LogP) is 3.05. The molecule has 0 saturated heterocycles. The molecule has 0 bridgehead atoms. The minimum atomic E-state index is -3.12. The fourth-order valence-corrected chi connectivity index (χ4v) is 4.85. The third-order valence-electron chi connectivity index (χ3n) is 3.26. The summed E-state index contributed by atoms with van der Waals surface area (Å²) in [5, 5.41) is 0.530. The molecule has 1 atom stereocenters. The summed E-state index contributed by atoms with van der Waals surface area (Å²) in [5.74, 6) is 0.506. The van der Waals surface area contributed by atoms with E-state index in [1.54, 1.807) is 0 Å². The number of halogens is 1. The van der Waals surface area contributed by atoms with Gasteiger partial charge in [-0.2, -0.15) is 0 Å². The molecule has 0 amide bonds. The molecule has 5 heteroatoms. The Hall–Kier alpha value is 0.390. The van der Waals surface area contributed by atoms with Crippen molar-refractivity contribution in [3.63, 3.8) is 0 Å². The van der Waals surface area contributed by atoms with E-state index in [1.807, 2.05) is 0 Å². The summed E-state index contributed by atoms with van der Waals surface area (Å²) in [4.78, 5) is 0. The maximum atomic E-state index is 12.2. The van der Waals surface area contributed by atoms with Crippen molar-refractivity contribution in [1.29, 1.82) is 0 Å². The van der Waals surface area contributed by atoms with Crippen LogP contribution in [0.1, 0.15) is 52.4 Å². The SMILES string of the molecule is CC(C)CC(CBr)NS(=O)(=O)C1CCCCC1. The van der Waals surface area contributed by atoms with Gasteiger partial charge in [-0.15, -0.1) is 0 Å². The van der Waals surface area contributed by atoms with E-state index in [-0.39, 0.29) is 11.3 Å². The van der Waals surface area contributed by atoms with Crippen LogP contribution in [0.2, 0.25) is 0 Å². The highest BCUT2D eigenvalue weighted by atomic mass is 79.9. The first-order chi connectivity index (χ1) is 7.95. The number of nitrogens with one attached hydrogen (secondary N) is 1. The van der Waals surface area contributed by atoms with Crippen molar-refractivity contribution in [2.24, 2.45) is 5.92 Å². The van der Waals surface area contributed by atoms with Crippen LogP contribution in [0.3, 0.4) is 0 Å². The van der Waals surface area contributed by atoms with Gasteiger partial charge in [0.25, 0.3) is 0 Å². The number of hydrogen-bond acceptors (Lipinski definition) is 2. The van der Waals surface area contributed by atoms with E-state index in [9.17, 15) is 8.42 Å². The third kappa shape index (κ3) is 5.26. The Morgan fingerprint density at radius 1 is 1.24 bits per heavy atom. The zero-order valence-electron chi connectivity index (χ0n) is 10.8. The van der Waals surface area contributed by atoms with Crippen molar-refractivity contribution in [3.8, 4) is 0 Å². The molecule has 1 aliphatic rings. The van der Waals surface area contributed by atoms with Gasteiger partial charge in [0, 0.05) is 11.4 Å². The van der Waals surface area contributed by atoms with E-state index >= 15 is 0 Å². The van der Waals surface area contributed by atoms with Crippen LogP contribution in [0.5, 0.6) is 0 Å². The minimum absolute atomic E-state index is 0.0296. The van der Waals surface area contributed by atoms with Crippen LogP contribution in [0.4, 0.5) is 0 Å². The van der Waals surface area contributed by atoms with Crippen molar-refractivity contribution in [2.75, 3.05) is 5.33 Å². The smallest absolute Gasteiger partial charge is 0.212 e. The first kappa shape index (κ1) is 15.4. The molecular formula is C12H24BrNO2S. The highest BCUT2D eigenvalue weighted by Crippen LogP contribution is 2.23. The van der Waals surface area contributed by atoms with Crippen LogP contribution in [0.15, 0.2) is 0 Å². The highest BCUT2D eigenvalue weighted by Gasteiger charge is 2.29. The van der Waals surface area contributed by atoms with E-state index in [0.717, 1.165) is 32.1 Å². The molecule has 17 heavy (non-hydrogen) atoms. The largest absolute Gasteiger partial charge is 0.214 e. The Kier molecular flexibility index (Phi) is 6.45. The Morgan fingerprint density at radius 2 is 1.82 bits per heavy atom. The van der Waals surface area contributed by atoms with Crippen LogP contribution in [-0.2, 0) is 10.0 Å². The van der Waals surface area contributed by atoms with Gasteiger partial charge in [0.1, 0.15) is 0 Å². The van der Waals surface area contributed by atoms with Crippen LogP contribution in [0, 0.1) is 5.92 Å². The van der Waals surface area contributed by atoms with Crippen molar-refractivity contribution < 1.29 is 8.42 Å². The molecule has 3 nitrogen and oxygen atoms in total. The standard InChI is InChI=1S/C12H24BrNO2S/c1-10(2)8-11(9-13)14-17(15,16)12-6-4-3-5-7-12/h10-12,14H,3-9H2,1-2H3. The van der Waals surface area contributed by atoms with E-state index < -0.39 is 10.0 Å². The second-order valence-corrected chi connectivity index (χ2v) is 8.04. The molecule has 0 aromatic rings. The summed E-state index contributed by atoms with van der Waals surface area (Å²) >= 11 is 3.39. The van der Waals surface area contributed by atoms with Gasteiger partial charge in [0.05, 0.1) is 5.25 Å². The minimum Gasteiger partial charge on any atom is -0.212 e. The second kappa shape index (κ2) is 7.10. The van der Waals surface area contributed by atoms with Crippen molar-refractivity contribution in [2.45, 2.75) is 63.7 Å². The maximum absolute atomic E-state index is 12.2. The molecule has 0 aromatic heterocycles. The number of hydrogen-bond donors (Lipinski definition) is 1. The molecule has 0 aliphatic heterocycles. The summed E-state index contributed by atoms with van der Waals surface area (Å²) < 4.78 is 27.3.